The van der Waals surface area contributed by atoms with Crippen molar-refractivity contribution in [3.05, 3.63) is 70.6 Å². The maximum atomic E-state index is 13.0. The molecular weight excluding hydrogens is 353 g/mol. The summed E-state index contributed by atoms with van der Waals surface area (Å²) in [7, 11) is 1.62. The Hall–Kier alpha value is -3.06. The number of ether oxygens (including phenoxy) is 1. The second-order valence-electron chi connectivity index (χ2n) is 5.55. The van der Waals surface area contributed by atoms with Crippen LogP contribution in [0.5, 0.6) is 5.75 Å². The molecule has 7 heteroatoms. The van der Waals surface area contributed by atoms with Crippen molar-refractivity contribution in [3.8, 4) is 28.4 Å². The van der Waals surface area contributed by atoms with Crippen molar-refractivity contribution in [1.29, 1.82) is 0 Å². The van der Waals surface area contributed by atoms with Gasteiger partial charge in [0.15, 0.2) is 0 Å². The standard InChI is InChI=1S/C19H14FN3O2S/c1-24-15-8-4-13(5-9-15)19-22-17(25-23-19)10-18-21-16(11-26-18)12-2-6-14(20)7-3-12/h2-9,11H,10H2,1H3. The van der Waals surface area contributed by atoms with E-state index in [1.54, 1.807) is 19.2 Å². The third-order valence-corrected chi connectivity index (χ3v) is 4.66. The zero-order chi connectivity index (χ0) is 17.9. The summed E-state index contributed by atoms with van der Waals surface area (Å²) in [5.74, 6) is 1.53. The highest BCUT2D eigenvalue weighted by atomic mass is 32.1. The number of benzene rings is 2. The molecule has 0 saturated heterocycles. The number of aromatic nitrogens is 3. The van der Waals surface area contributed by atoms with Gasteiger partial charge in [0, 0.05) is 16.5 Å². The van der Waals surface area contributed by atoms with Crippen LogP contribution in [-0.4, -0.2) is 22.2 Å². The van der Waals surface area contributed by atoms with E-state index in [1.165, 1.54) is 23.5 Å². The molecule has 0 atom stereocenters. The van der Waals surface area contributed by atoms with Crippen LogP contribution < -0.4 is 4.74 Å². The van der Waals surface area contributed by atoms with Crippen molar-refractivity contribution in [3.63, 3.8) is 0 Å². The van der Waals surface area contributed by atoms with E-state index in [4.69, 9.17) is 9.26 Å². The molecule has 2 heterocycles. The molecule has 130 valence electrons. The molecule has 0 radical (unpaired) electrons. The summed E-state index contributed by atoms with van der Waals surface area (Å²) in [6.07, 6.45) is 0.453. The summed E-state index contributed by atoms with van der Waals surface area (Å²) >= 11 is 1.50. The number of halogens is 1. The van der Waals surface area contributed by atoms with E-state index in [-0.39, 0.29) is 5.82 Å². The molecule has 2 aromatic carbocycles. The highest BCUT2D eigenvalue weighted by Crippen LogP contribution is 2.24. The second kappa shape index (κ2) is 7.05. The molecule has 2 aromatic heterocycles. The van der Waals surface area contributed by atoms with Gasteiger partial charge in [-0.15, -0.1) is 11.3 Å². The fraction of sp³-hybridized carbons (Fsp3) is 0.105. The Morgan fingerprint density at radius 2 is 1.73 bits per heavy atom. The molecule has 5 nitrogen and oxygen atoms in total. The molecule has 4 rings (SSSR count). The van der Waals surface area contributed by atoms with E-state index in [0.717, 1.165) is 27.6 Å². The second-order valence-corrected chi connectivity index (χ2v) is 6.49. The van der Waals surface area contributed by atoms with Gasteiger partial charge in [-0.25, -0.2) is 9.37 Å². The van der Waals surface area contributed by atoms with Crippen LogP contribution in [-0.2, 0) is 6.42 Å². The molecule has 0 unspecified atom stereocenters. The van der Waals surface area contributed by atoms with Gasteiger partial charge in [-0.3, -0.25) is 0 Å². The molecule has 0 bridgehead atoms. The zero-order valence-corrected chi connectivity index (χ0v) is 14.7. The van der Waals surface area contributed by atoms with Gasteiger partial charge in [0.2, 0.25) is 11.7 Å². The molecular formula is C19H14FN3O2S. The van der Waals surface area contributed by atoms with Crippen LogP contribution in [0.4, 0.5) is 4.39 Å². The predicted molar refractivity (Wildman–Crippen MR) is 96.6 cm³/mol. The first kappa shape index (κ1) is 16.4. The van der Waals surface area contributed by atoms with Gasteiger partial charge in [-0.05, 0) is 48.5 Å². The molecule has 0 aliphatic rings. The first-order chi connectivity index (χ1) is 12.7. The predicted octanol–water partition coefficient (Wildman–Crippen LogP) is 4.60. The summed E-state index contributed by atoms with van der Waals surface area (Å²) in [5.41, 5.74) is 2.53. The summed E-state index contributed by atoms with van der Waals surface area (Å²) in [6, 6.07) is 13.7. The lowest BCUT2D eigenvalue weighted by Crippen LogP contribution is -1.89. The molecule has 4 aromatic rings. The van der Waals surface area contributed by atoms with Gasteiger partial charge >= 0.3 is 0 Å². The van der Waals surface area contributed by atoms with E-state index >= 15 is 0 Å². The van der Waals surface area contributed by atoms with E-state index < -0.39 is 0 Å². The highest BCUT2D eigenvalue weighted by molar-refractivity contribution is 7.10. The van der Waals surface area contributed by atoms with Crippen molar-refractivity contribution >= 4 is 11.3 Å². The van der Waals surface area contributed by atoms with Crippen molar-refractivity contribution in [2.75, 3.05) is 7.11 Å². The minimum absolute atomic E-state index is 0.263. The van der Waals surface area contributed by atoms with E-state index in [9.17, 15) is 4.39 Å². The van der Waals surface area contributed by atoms with Crippen LogP contribution in [0.3, 0.4) is 0 Å². The van der Waals surface area contributed by atoms with Gasteiger partial charge in [-0.2, -0.15) is 4.98 Å². The van der Waals surface area contributed by atoms with Gasteiger partial charge in [0.25, 0.3) is 0 Å². The van der Waals surface area contributed by atoms with Crippen LogP contribution >= 0.6 is 11.3 Å². The zero-order valence-electron chi connectivity index (χ0n) is 13.8. The summed E-state index contributed by atoms with van der Waals surface area (Å²) in [5, 5.41) is 6.81. The fourth-order valence-electron chi connectivity index (χ4n) is 2.46. The minimum Gasteiger partial charge on any atom is -0.497 e. The lowest BCUT2D eigenvalue weighted by Gasteiger charge is -1.98. The number of hydrogen-bond donors (Lipinski definition) is 0. The maximum absolute atomic E-state index is 13.0. The van der Waals surface area contributed by atoms with Crippen LogP contribution in [0, 0.1) is 5.82 Å². The van der Waals surface area contributed by atoms with Gasteiger partial charge in [-0.1, -0.05) is 5.16 Å². The molecule has 0 aliphatic carbocycles. The Bertz CT molecular complexity index is 1010. The Morgan fingerprint density at radius 1 is 1.00 bits per heavy atom. The third-order valence-electron chi connectivity index (χ3n) is 3.81. The van der Waals surface area contributed by atoms with Crippen LogP contribution in [0.25, 0.3) is 22.6 Å². The fourth-order valence-corrected chi connectivity index (χ4v) is 3.25. The van der Waals surface area contributed by atoms with Crippen molar-refractivity contribution in [1.82, 2.24) is 15.1 Å². The molecule has 0 aliphatic heterocycles. The van der Waals surface area contributed by atoms with E-state index in [2.05, 4.69) is 15.1 Å². The SMILES string of the molecule is COc1ccc(-c2noc(Cc3nc(-c4ccc(F)cc4)cs3)n2)cc1. The topological polar surface area (TPSA) is 61.0 Å². The quantitative estimate of drug-likeness (QED) is 0.516. The van der Waals surface area contributed by atoms with Crippen LogP contribution in [0.1, 0.15) is 10.9 Å². The smallest absolute Gasteiger partial charge is 0.233 e. The van der Waals surface area contributed by atoms with Crippen LogP contribution in [0.2, 0.25) is 0 Å². The van der Waals surface area contributed by atoms with Crippen molar-refractivity contribution < 1.29 is 13.7 Å². The molecule has 0 amide bonds. The molecule has 0 fully saturated rings. The van der Waals surface area contributed by atoms with E-state index in [1.807, 2.05) is 29.6 Å². The van der Waals surface area contributed by atoms with Crippen molar-refractivity contribution in [2.45, 2.75) is 6.42 Å². The monoisotopic (exact) mass is 367 g/mol. The van der Waals surface area contributed by atoms with Gasteiger partial charge < -0.3 is 9.26 Å². The van der Waals surface area contributed by atoms with Crippen molar-refractivity contribution in [2.24, 2.45) is 0 Å². The number of hydrogen-bond acceptors (Lipinski definition) is 6. The molecule has 0 spiro atoms. The number of nitrogens with zero attached hydrogens (tertiary/aromatic N) is 3. The van der Waals surface area contributed by atoms with Crippen LogP contribution in [0.15, 0.2) is 58.4 Å². The number of thiazole rings is 1. The summed E-state index contributed by atoms with van der Waals surface area (Å²) in [6.45, 7) is 0. The Kier molecular flexibility index (Phi) is 4.45. The first-order valence-electron chi connectivity index (χ1n) is 7.88. The maximum Gasteiger partial charge on any atom is 0.233 e. The highest BCUT2D eigenvalue weighted by Gasteiger charge is 2.12. The Labute approximate surface area is 153 Å². The third kappa shape index (κ3) is 3.48. The molecule has 26 heavy (non-hydrogen) atoms. The average molecular weight is 367 g/mol. The average Bonchev–Trinajstić information content (AvgIpc) is 3.33. The molecule has 0 saturated carbocycles. The van der Waals surface area contributed by atoms with Gasteiger partial charge in [0.1, 0.15) is 16.6 Å². The van der Waals surface area contributed by atoms with E-state index in [0.29, 0.717) is 18.1 Å². The largest absolute Gasteiger partial charge is 0.497 e. The number of methoxy groups -OCH3 is 1. The normalized spacial score (nSPS) is 10.8. The first-order valence-corrected chi connectivity index (χ1v) is 8.76. The summed E-state index contributed by atoms with van der Waals surface area (Å²) < 4.78 is 23.5. The Morgan fingerprint density at radius 3 is 2.46 bits per heavy atom. The summed E-state index contributed by atoms with van der Waals surface area (Å²) in [4.78, 5) is 8.99. The number of rotatable bonds is 5. The molecule has 0 N–H and O–H groups in total. The lowest BCUT2D eigenvalue weighted by molar-refractivity contribution is 0.385. The van der Waals surface area contributed by atoms with Gasteiger partial charge in [0.05, 0.1) is 19.2 Å². The minimum atomic E-state index is -0.263. The Balaban J connectivity index is 1.49. The lowest BCUT2D eigenvalue weighted by atomic mass is 10.2.